The van der Waals surface area contributed by atoms with Crippen molar-refractivity contribution < 1.29 is 0 Å². The molecule has 2 aliphatic carbocycles. The highest BCUT2D eigenvalue weighted by Gasteiger charge is 2.53. The third-order valence-electron chi connectivity index (χ3n) is 10.8. The van der Waals surface area contributed by atoms with Crippen LogP contribution in [0.2, 0.25) is 0 Å². The summed E-state index contributed by atoms with van der Waals surface area (Å²) in [6.45, 7) is 0. The fraction of sp³-hybridized carbons (Fsp3) is 0.179. The average molecular weight is 497 g/mol. The summed E-state index contributed by atoms with van der Waals surface area (Å²) in [4.78, 5) is 0. The molecular formula is C39H28. The lowest BCUT2D eigenvalue weighted by Crippen LogP contribution is -2.40. The highest BCUT2D eigenvalue weighted by molar-refractivity contribution is 6.25. The van der Waals surface area contributed by atoms with Crippen LogP contribution < -0.4 is 0 Å². The Morgan fingerprint density at radius 1 is 0.359 bits per heavy atom. The minimum absolute atomic E-state index is 0.584. The molecule has 0 aliphatic heterocycles. The van der Waals surface area contributed by atoms with E-state index in [0.717, 1.165) is 11.8 Å². The highest BCUT2D eigenvalue weighted by atomic mass is 14.6. The van der Waals surface area contributed by atoms with Crippen molar-refractivity contribution in [3.63, 3.8) is 0 Å². The quantitative estimate of drug-likeness (QED) is 0.209. The van der Waals surface area contributed by atoms with E-state index >= 15 is 0 Å². The Morgan fingerprint density at radius 2 is 0.718 bits per heavy atom. The summed E-state index contributed by atoms with van der Waals surface area (Å²) in [6.07, 6.45) is 4.12. The van der Waals surface area contributed by atoms with Crippen molar-refractivity contribution in [2.24, 2.45) is 11.8 Å². The molecule has 8 aromatic rings. The van der Waals surface area contributed by atoms with Crippen molar-refractivity contribution >= 4 is 64.6 Å². The van der Waals surface area contributed by atoms with Gasteiger partial charge in [0.05, 0.1) is 0 Å². The number of hydrogen-bond donors (Lipinski definition) is 0. The molecule has 0 amide bonds. The van der Waals surface area contributed by atoms with Crippen molar-refractivity contribution in [1.82, 2.24) is 0 Å². The molecule has 0 spiro atoms. The van der Waals surface area contributed by atoms with Crippen LogP contribution in [0, 0.1) is 11.8 Å². The van der Waals surface area contributed by atoms with Crippen LogP contribution in [0.25, 0.3) is 64.6 Å². The smallest absolute Gasteiger partial charge is 0.00239 e. The Hall–Kier alpha value is -4.16. The van der Waals surface area contributed by atoms with Gasteiger partial charge in [-0.25, -0.2) is 0 Å². The Bertz CT molecular complexity index is 2040. The highest BCUT2D eigenvalue weighted by Crippen LogP contribution is 2.66. The van der Waals surface area contributed by atoms with Crippen LogP contribution in [0.1, 0.15) is 42.2 Å². The molecule has 0 heterocycles. The monoisotopic (exact) mass is 496 g/mol. The maximum Gasteiger partial charge on any atom is -0.00239 e. The van der Waals surface area contributed by atoms with E-state index in [1.54, 1.807) is 11.1 Å². The van der Waals surface area contributed by atoms with Gasteiger partial charge in [0.15, 0.2) is 0 Å². The predicted octanol–water partition coefficient (Wildman–Crippen LogP) is 10.8. The number of hydrogen-bond acceptors (Lipinski definition) is 0. The predicted molar refractivity (Wildman–Crippen MR) is 167 cm³/mol. The number of rotatable bonds is 2. The van der Waals surface area contributed by atoms with Crippen molar-refractivity contribution in [2.45, 2.75) is 31.1 Å². The van der Waals surface area contributed by atoms with E-state index in [1.807, 2.05) is 0 Å². The molecule has 0 N–H and O–H groups in total. The number of fused-ring (bicyclic) bond motifs is 1. The third-order valence-corrected chi connectivity index (χ3v) is 10.8. The fourth-order valence-corrected chi connectivity index (χ4v) is 9.24. The van der Waals surface area contributed by atoms with Crippen molar-refractivity contribution in [3.8, 4) is 0 Å². The summed E-state index contributed by atoms with van der Waals surface area (Å²) in [5, 5.41) is 17.0. The second-order valence-corrected chi connectivity index (χ2v) is 12.3. The molecular weight excluding hydrogens is 468 g/mol. The van der Waals surface area contributed by atoms with Gasteiger partial charge in [-0.2, -0.15) is 0 Å². The average Bonchev–Trinajstić information content (AvgIpc) is 3.39. The molecule has 0 radical (unpaired) electrons. The fourth-order valence-electron chi connectivity index (χ4n) is 9.24. The first-order valence-corrected chi connectivity index (χ1v) is 14.7. The van der Waals surface area contributed by atoms with Gasteiger partial charge < -0.3 is 0 Å². The van der Waals surface area contributed by atoms with Crippen molar-refractivity contribution in [2.75, 3.05) is 0 Å². The SMILES string of the molecule is c1cc2ccc3ccc([C@@H]4[C@@H]5CCC[C@@H]5[C@H]4c4ccc5ccc6cccc7ccc4c5c67)c4ccc(c1)c2c34. The summed E-state index contributed by atoms with van der Waals surface area (Å²) in [5.74, 6) is 2.76. The Kier molecular flexibility index (Phi) is 3.87. The van der Waals surface area contributed by atoms with Crippen LogP contribution in [0.5, 0.6) is 0 Å². The molecule has 184 valence electrons. The summed E-state index contributed by atoms with van der Waals surface area (Å²) < 4.78 is 0. The molecule has 2 saturated carbocycles. The topological polar surface area (TPSA) is 0 Å². The molecule has 8 aromatic carbocycles. The van der Waals surface area contributed by atoms with Crippen molar-refractivity contribution in [1.29, 1.82) is 0 Å². The van der Waals surface area contributed by atoms with Crippen LogP contribution in [-0.2, 0) is 0 Å². The van der Waals surface area contributed by atoms with Crippen LogP contribution in [-0.4, -0.2) is 0 Å². The van der Waals surface area contributed by atoms with E-state index < -0.39 is 0 Å². The Labute approximate surface area is 227 Å². The van der Waals surface area contributed by atoms with E-state index in [2.05, 4.69) is 109 Å². The van der Waals surface area contributed by atoms with Gasteiger partial charge in [0.1, 0.15) is 0 Å². The lowest BCUT2D eigenvalue weighted by molar-refractivity contribution is 0.125. The van der Waals surface area contributed by atoms with E-state index in [-0.39, 0.29) is 0 Å². The van der Waals surface area contributed by atoms with Gasteiger partial charge in [0.25, 0.3) is 0 Å². The maximum atomic E-state index is 2.49. The second kappa shape index (κ2) is 7.27. The van der Waals surface area contributed by atoms with Gasteiger partial charge in [-0.05, 0) is 112 Å². The first-order chi connectivity index (χ1) is 19.3. The van der Waals surface area contributed by atoms with Crippen LogP contribution in [0.15, 0.2) is 109 Å². The van der Waals surface area contributed by atoms with E-state index in [9.17, 15) is 0 Å². The molecule has 2 fully saturated rings. The van der Waals surface area contributed by atoms with Gasteiger partial charge >= 0.3 is 0 Å². The summed E-state index contributed by atoms with van der Waals surface area (Å²) >= 11 is 0. The van der Waals surface area contributed by atoms with Gasteiger partial charge in [-0.3, -0.25) is 0 Å². The molecule has 0 saturated heterocycles. The normalized spacial score (nSPS) is 23.1. The molecule has 0 unspecified atom stereocenters. The Balaban J connectivity index is 1.24. The number of benzene rings is 8. The minimum Gasteiger partial charge on any atom is -0.0610 e. The van der Waals surface area contributed by atoms with E-state index in [1.165, 1.54) is 83.9 Å². The zero-order valence-electron chi connectivity index (χ0n) is 21.8. The van der Waals surface area contributed by atoms with Gasteiger partial charge in [-0.15, -0.1) is 0 Å². The van der Waals surface area contributed by atoms with Gasteiger partial charge in [-0.1, -0.05) is 116 Å². The molecule has 0 heteroatoms. The minimum atomic E-state index is 0.584. The van der Waals surface area contributed by atoms with Crippen LogP contribution >= 0.6 is 0 Å². The van der Waals surface area contributed by atoms with E-state index in [0.29, 0.717) is 11.8 Å². The third kappa shape index (κ3) is 2.56. The molecule has 10 rings (SSSR count). The maximum absolute atomic E-state index is 2.49. The second-order valence-electron chi connectivity index (χ2n) is 12.3. The molecule has 0 aromatic heterocycles. The van der Waals surface area contributed by atoms with Gasteiger partial charge in [0, 0.05) is 0 Å². The summed E-state index contributed by atoms with van der Waals surface area (Å²) in [5.41, 5.74) is 3.17. The lowest BCUT2D eigenvalue weighted by Gasteiger charge is -2.51. The van der Waals surface area contributed by atoms with Crippen LogP contribution in [0.3, 0.4) is 0 Å². The molecule has 0 bridgehead atoms. The zero-order valence-corrected chi connectivity index (χ0v) is 21.8. The lowest BCUT2D eigenvalue weighted by atomic mass is 9.53. The van der Waals surface area contributed by atoms with Crippen LogP contribution in [0.4, 0.5) is 0 Å². The summed E-state index contributed by atoms with van der Waals surface area (Å²) in [6, 6.07) is 42.1. The van der Waals surface area contributed by atoms with Gasteiger partial charge in [0.2, 0.25) is 0 Å². The Morgan fingerprint density at radius 3 is 1.15 bits per heavy atom. The first-order valence-electron chi connectivity index (χ1n) is 14.7. The molecule has 2 aliphatic rings. The van der Waals surface area contributed by atoms with Crippen molar-refractivity contribution in [3.05, 3.63) is 120 Å². The van der Waals surface area contributed by atoms with E-state index in [4.69, 9.17) is 0 Å². The first kappa shape index (κ1) is 20.8. The molecule has 0 nitrogen and oxygen atoms in total. The standard InChI is InChI=1S/C39H28/c1-4-22-10-12-26-16-20-32(30-18-14-24(6-1)34(22)36(26)30)38-28-8-3-9-29(28)39(38)33-21-17-27-13-11-23-5-2-7-25-15-19-31(33)37(27)35(23)25/h1-2,4-7,10-21,28-29,38-39H,3,8-9H2/t28-,29+,38-,39-/m0/s1. The summed E-state index contributed by atoms with van der Waals surface area (Å²) in [7, 11) is 0. The molecule has 4 atom stereocenters. The molecule has 39 heavy (non-hydrogen) atoms. The largest absolute Gasteiger partial charge is 0.0610 e. The zero-order chi connectivity index (χ0) is 25.2.